The molecule has 0 saturated carbocycles. The summed E-state index contributed by atoms with van der Waals surface area (Å²) < 4.78 is 19.1. The molecule has 0 spiro atoms. The van der Waals surface area contributed by atoms with Crippen molar-refractivity contribution in [3.63, 3.8) is 0 Å². The Kier molecular flexibility index (Phi) is 5.11. The number of halogens is 1. The van der Waals surface area contributed by atoms with E-state index >= 15 is 0 Å². The molecule has 1 aromatic rings. The quantitative estimate of drug-likeness (QED) is 0.808. The smallest absolute Gasteiger partial charge is 0.123 e. The summed E-state index contributed by atoms with van der Waals surface area (Å²) in [7, 11) is 0. The first-order valence-electron chi connectivity index (χ1n) is 8.68. The SMILES string of the molecule is C[C@@H]1C[NH+](C2CC[NH+](Cc3cccc(F)c3)CC2)C[C@@H](C)O1. The van der Waals surface area contributed by atoms with Crippen molar-refractivity contribution >= 4 is 0 Å². The van der Waals surface area contributed by atoms with Gasteiger partial charge in [-0.05, 0) is 26.0 Å². The van der Waals surface area contributed by atoms with Crippen LogP contribution in [0.5, 0.6) is 0 Å². The molecule has 2 N–H and O–H groups in total. The number of ether oxygens (including phenoxy) is 1. The minimum atomic E-state index is -0.118. The van der Waals surface area contributed by atoms with Gasteiger partial charge in [-0.15, -0.1) is 0 Å². The van der Waals surface area contributed by atoms with E-state index in [9.17, 15) is 4.39 Å². The molecule has 0 radical (unpaired) electrons. The van der Waals surface area contributed by atoms with Crippen molar-refractivity contribution < 1.29 is 18.9 Å². The molecule has 0 aromatic heterocycles. The number of hydrogen-bond donors (Lipinski definition) is 2. The second-order valence-electron chi connectivity index (χ2n) is 7.15. The van der Waals surface area contributed by atoms with E-state index in [0.29, 0.717) is 12.2 Å². The van der Waals surface area contributed by atoms with Crippen LogP contribution in [0.3, 0.4) is 0 Å². The third-order valence-corrected chi connectivity index (χ3v) is 5.18. The first-order chi connectivity index (χ1) is 10.6. The molecule has 2 atom stereocenters. The minimum Gasteiger partial charge on any atom is -0.364 e. The second kappa shape index (κ2) is 7.07. The summed E-state index contributed by atoms with van der Waals surface area (Å²) in [6.07, 6.45) is 3.33. The van der Waals surface area contributed by atoms with Crippen molar-refractivity contribution in [2.75, 3.05) is 26.2 Å². The van der Waals surface area contributed by atoms with Gasteiger partial charge in [0.05, 0.1) is 19.1 Å². The molecule has 3 rings (SSSR count). The average molecular weight is 308 g/mol. The molecule has 22 heavy (non-hydrogen) atoms. The van der Waals surface area contributed by atoms with Crippen molar-refractivity contribution in [1.82, 2.24) is 0 Å². The van der Waals surface area contributed by atoms with E-state index in [1.165, 1.54) is 32.0 Å². The van der Waals surface area contributed by atoms with Crippen molar-refractivity contribution in [1.29, 1.82) is 0 Å². The molecule has 2 aliphatic heterocycles. The lowest BCUT2D eigenvalue weighted by Crippen LogP contribution is -3.22. The van der Waals surface area contributed by atoms with E-state index in [1.807, 2.05) is 12.1 Å². The Bertz CT molecular complexity index is 478. The van der Waals surface area contributed by atoms with Gasteiger partial charge in [0.1, 0.15) is 37.7 Å². The zero-order valence-electron chi connectivity index (χ0n) is 13.8. The van der Waals surface area contributed by atoms with Crippen LogP contribution < -0.4 is 9.80 Å². The monoisotopic (exact) mass is 308 g/mol. The van der Waals surface area contributed by atoms with Crippen molar-refractivity contribution in [3.8, 4) is 0 Å². The molecule has 2 heterocycles. The van der Waals surface area contributed by atoms with E-state index in [-0.39, 0.29) is 5.82 Å². The van der Waals surface area contributed by atoms with E-state index in [1.54, 1.807) is 15.9 Å². The summed E-state index contributed by atoms with van der Waals surface area (Å²) in [5.74, 6) is -0.118. The highest BCUT2D eigenvalue weighted by molar-refractivity contribution is 5.14. The summed E-state index contributed by atoms with van der Waals surface area (Å²) in [6.45, 7) is 10.0. The number of piperidine rings is 1. The Morgan fingerprint density at radius 2 is 1.82 bits per heavy atom. The molecular formula is C18H29FN2O+2. The lowest BCUT2D eigenvalue weighted by atomic mass is 10.0. The van der Waals surface area contributed by atoms with Gasteiger partial charge in [0.15, 0.2) is 0 Å². The lowest BCUT2D eigenvalue weighted by Gasteiger charge is -2.39. The predicted octanol–water partition coefficient (Wildman–Crippen LogP) is 0.0651. The number of likely N-dealkylation sites (tertiary alicyclic amines) is 1. The fourth-order valence-electron chi connectivity index (χ4n) is 4.19. The summed E-state index contributed by atoms with van der Waals surface area (Å²) >= 11 is 0. The van der Waals surface area contributed by atoms with Crippen molar-refractivity contribution in [3.05, 3.63) is 35.6 Å². The third-order valence-electron chi connectivity index (χ3n) is 5.18. The fourth-order valence-corrected chi connectivity index (χ4v) is 4.19. The van der Waals surface area contributed by atoms with Gasteiger partial charge in [-0.1, -0.05) is 12.1 Å². The largest absolute Gasteiger partial charge is 0.364 e. The van der Waals surface area contributed by atoms with E-state index in [0.717, 1.165) is 31.2 Å². The van der Waals surface area contributed by atoms with E-state index in [4.69, 9.17) is 4.74 Å². The fraction of sp³-hybridized carbons (Fsp3) is 0.667. The van der Waals surface area contributed by atoms with Gasteiger partial charge >= 0.3 is 0 Å². The highest BCUT2D eigenvalue weighted by atomic mass is 19.1. The Morgan fingerprint density at radius 3 is 2.45 bits per heavy atom. The predicted molar refractivity (Wildman–Crippen MR) is 84.5 cm³/mol. The van der Waals surface area contributed by atoms with Crippen LogP contribution in [0.25, 0.3) is 0 Å². The highest BCUT2D eigenvalue weighted by Crippen LogP contribution is 2.05. The molecule has 2 saturated heterocycles. The molecule has 4 heteroatoms. The molecule has 3 nitrogen and oxygen atoms in total. The summed E-state index contributed by atoms with van der Waals surface area (Å²) in [5, 5.41) is 0. The maximum atomic E-state index is 13.3. The first kappa shape index (κ1) is 15.9. The molecule has 122 valence electrons. The van der Waals surface area contributed by atoms with Gasteiger partial charge in [0, 0.05) is 18.4 Å². The average Bonchev–Trinajstić information content (AvgIpc) is 2.47. The number of quaternary nitrogens is 2. The molecule has 1 aromatic carbocycles. The van der Waals surface area contributed by atoms with Crippen molar-refractivity contribution in [2.45, 2.75) is 51.5 Å². The van der Waals surface area contributed by atoms with Crippen LogP contribution in [-0.2, 0) is 11.3 Å². The number of benzene rings is 1. The van der Waals surface area contributed by atoms with Crippen molar-refractivity contribution in [2.24, 2.45) is 0 Å². The third kappa shape index (κ3) is 4.06. The topological polar surface area (TPSA) is 18.1 Å². The molecule has 0 amide bonds. The first-order valence-corrected chi connectivity index (χ1v) is 8.68. The zero-order valence-corrected chi connectivity index (χ0v) is 13.8. The zero-order chi connectivity index (χ0) is 15.5. The Hall–Kier alpha value is -0.970. The van der Waals surface area contributed by atoms with Crippen LogP contribution >= 0.6 is 0 Å². The van der Waals surface area contributed by atoms with Gasteiger partial charge in [-0.3, -0.25) is 0 Å². The number of rotatable bonds is 3. The van der Waals surface area contributed by atoms with Crippen LogP contribution in [0.4, 0.5) is 4.39 Å². The number of nitrogens with one attached hydrogen (secondary N) is 2. The molecule has 0 unspecified atom stereocenters. The maximum Gasteiger partial charge on any atom is 0.123 e. The maximum absolute atomic E-state index is 13.3. The van der Waals surface area contributed by atoms with Crippen LogP contribution in [0.1, 0.15) is 32.3 Å². The van der Waals surface area contributed by atoms with Gasteiger partial charge in [0.25, 0.3) is 0 Å². The lowest BCUT2D eigenvalue weighted by molar-refractivity contribution is -0.970. The van der Waals surface area contributed by atoms with Crippen LogP contribution in [0.2, 0.25) is 0 Å². The Morgan fingerprint density at radius 1 is 1.14 bits per heavy atom. The number of hydrogen-bond acceptors (Lipinski definition) is 1. The molecule has 2 aliphatic rings. The standard InChI is InChI=1S/C18H27FN2O/c1-14-11-21(12-15(2)22-14)18-6-8-20(9-7-18)13-16-4-3-5-17(19)10-16/h3-5,10,14-15,18H,6-9,11-13H2,1-2H3/p+2/t14-,15-/m1/s1. The van der Waals surface area contributed by atoms with Gasteiger partial charge < -0.3 is 14.5 Å². The normalized spacial score (nSPS) is 36.2. The van der Waals surface area contributed by atoms with Crippen LogP contribution in [-0.4, -0.2) is 44.4 Å². The number of morpholine rings is 1. The van der Waals surface area contributed by atoms with E-state index in [2.05, 4.69) is 13.8 Å². The highest BCUT2D eigenvalue weighted by Gasteiger charge is 2.34. The molecule has 0 aliphatic carbocycles. The Labute approximate surface area is 133 Å². The van der Waals surface area contributed by atoms with Crippen LogP contribution in [0, 0.1) is 5.82 Å². The summed E-state index contributed by atoms with van der Waals surface area (Å²) in [4.78, 5) is 3.33. The summed E-state index contributed by atoms with van der Waals surface area (Å²) in [5.41, 5.74) is 1.12. The van der Waals surface area contributed by atoms with Gasteiger partial charge in [-0.2, -0.15) is 0 Å². The van der Waals surface area contributed by atoms with E-state index < -0.39 is 0 Å². The molecular weight excluding hydrogens is 279 g/mol. The molecule has 2 fully saturated rings. The summed E-state index contributed by atoms with van der Waals surface area (Å²) in [6, 6.07) is 7.84. The second-order valence-corrected chi connectivity index (χ2v) is 7.15. The van der Waals surface area contributed by atoms with Crippen LogP contribution in [0.15, 0.2) is 24.3 Å². The van der Waals surface area contributed by atoms with Gasteiger partial charge in [-0.25, -0.2) is 4.39 Å². The van der Waals surface area contributed by atoms with Gasteiger partial charge in [0.2, 0.25) is 0 Å². The Balaban J connectivity index is 1.50. The minimum absolute atomic E-state index is 0.118. The molecule has 0 bridgehead atoms.